The summed E-state index contributed by atoms with van der Waals surface area (Å²) in [7, 11) is -4.04. The number of hydrogen-bond acceptors (Lipinski definition) is 4. The van der Waals surface area contributed by atoms with Crippen molar-refractivity contribution in [2.24, 2.45) is 5.14 Å². The molecule has 138 valence electrons. The molecule has 0 spiro atoms. The summed E-state index contributed by atoms with van der Waals surface area (Å²) in [6.45, 7) is 2.04. The number of hydrogen-bond donors (Lipinski definition) is 4. The van der Waals surface area contributed by atoms with Gasteiger partial charge in [-0.1, -0.05) is 30.7 Å². The molecule has 0 aromatic heterocycles. The van der Waals surface area contributed by atoms with Crippen LogP contribution in [0.25, 0.3) is 0 Å². The average molecular weight is 413 g/mol. The van der Waals surface area contributed by atoms with Gasteiger partial charge in [-0.05, 0) is 54.5 Å². The zero-order chi connectivity index (χ0) is 19.3. The van der Waals surface area contributed by atoms with Gasteiger partial charge in [-0.3, -0.25) is 15.6 Å². The van der Waals surface area contributed by atoms with Crippen LogP contribution in [0.4, 0.5) is 5.69 Å². The topological polar surface area (TPSA) is 113 Å². The summed E-state index contributed by atoms with van der Waals surface area (Å²) < 4.78 is 22.9. The fraction of sp³-hybridized carbons (Fsp3) is 0.125. The Labute approximate surface area is 161 Å². The number of nitrogens with one attached hydrogen (secondary N) is 3. The molecule has 0 fully saturated rings. The third kappa shape index (κ3) is 5.40. The van der Waals surface area contributed by atoms with Gasteiger partial charge in [-0.2, -0.15) is 0 Å². The van der Waals surface area contributed by atoms with E-state index in [0.29, 0.717) is 0 Å². The third-order valence-corrected chi connectivity index (χ3v) is 4.98. The fourth-order valence-corrected chi connectivity index (χ4v) is 3.32. The van der Waals surface area contributed by atoms with Crippen LogP contribution in [0.3, 0.4) is 0 Å². The highest BCUT2D eigenvalue weighted by Crippen LogP contribution is 2.21. The van der Waals surface area contributed by atoms with Gasteiger partial charge in [0.1, 0.15) is 4.90 Å². The summed E-state index contributed by atoms with van der Waals surface area (Å²) in [5, 5.41) is 8.11. The standard InChI is InChI=1S/C16H17ClN4O3S2/c1-2-10-4-3-5-12(8-10)19-16(25)21-20-15(22)11-6-7-13(17)14(9-11)26(18,23)24/h3-9H,2H2,1H3,(H,20,22)(H2,18,23,24)(H2,19,21,25). The molecule has 7 nitrogen and oxygen atoms in total. The van der Waals surface area contributed by atoms with Crippen LogP contribution in [0, 0.1) is 0 Å². The molecular weight excluding hydrogens is 396 g/mol. The monoisotopic (exact) mass is 412 g/mol. The number of amides is 1. The highest BCUT2D eigenvalue weighted by molar-refractivity contribution is 7.89. The molecule has 2 rings (SSSR count). The quantitative estimate of drug-likeness (QED) is 0.452. The van der Waals surface area contributed by atoms with Crippen molar-refractivity contribution in [3.63, 3.8) is 0 Å². The van der Waals surface area contributed by atoms with Gasteiger partial charge in [0.25, 0.3) is 5.91 Å². The largest absolute Gasteiger partial charge is 0.331 e. The summed E-state index contributed by atoms with van der Waals surface area (Å²) in [5.74, 6) is -0.599. The van der Waals surface area contributed by atoms with Crippen LogP contribution in [-0.4, -0.2) is 19.4 Å². The lowest BCUT2D eigenvalue weighted by Gasteiger charge is -2.13. The molecule has 0 saturated carbocycles. The maximum absolute atomic E-state index is 12.2. The van der Waals surface area contributed by atoms with E-state index in [0.717, 1.165) is 23.7 Å². The van der Waals surface area contributed by atoms with Crippen molar-refractivity contribution in [3.05, 3.63) is 58.6 Å². The predicted octanol–water partition coefficient (Wildman–Crippen LogP) is 2.18. The first kappa shape index (κ1) is 20.1. The Kier molecular flexibility index (Phi) is 6.54. The molecule has 10 heteroatoms. The number of rotatable bonds is 4. The van der Waals surface area contributed by atoms with E-state index < -0.39 is 15.9 Å². The molecule has 26 heavy (non-hydrogen) atoms. The Morgan fingerprint density at radius 1 is 1.19 bits per heavy atom. The van der Waals surface area contributed by atoms with E-state index in [2.05, 4.69) is 16.2 Å². The second kappa shape index (κ2) is 8.45. The number of hydrazine groups is 1. The number of sulfonamides is 1. The van der Waals surface area contributed by atoms with Gasteiger partial charge in [0.05, 0.1) is 5.02 Å². The average Bonchev–Trinajstić information content (AvgIpc) is 2.59. The maximum atomic E-state index is 12.2. The molecule has 0 aliphatic rings. The van der Waals surface area contributed by atoms with E-state index in [1.807, 2.05) is 31.2 Å². The van der Waals surface area contributed by atoms with Crippen LogP contribution in [0.1, 0.15) is 22.8 Å². The summed E-state index contributed by atoms with van der Waals surface area (Å²) >= 11 is 10.9. The lowest BCUT2D eigenvalue weighted by molar-refractivity contribution is 0.0944. The van der Waals surface area contributed by atoms with Crippen molar-refractivity contribution in [2.75, 3.05) is 5.32 Å². The van der Waals surface area contributed by atoms with Gasteiger partial charge in [0.2, 0.25) is 10.0 Å². The van der Waals surface area contributed by atoms with E-state index >= 15 is 0 Å². The van der Waals surface area contributed by atoms with Gasteiger partial charge in [-0.15, -0.1) is 0 Å². The van der Waals surface area contributed by atoms with Gasteiger partial charge in [0, 0.05) is 11.3 Å². The number of nitrogens with two attached hydrogens (primary N) is 1. The molecule has 0 aliphatic heterocycles. The second-order valence-corrected chi connectivity index (χ2v) is 7.62. The van der Waals surface area contributed by atoms with Gasteiger partial charge < -0.3 is 5.32 Å². The van der Waals surface area contributed by atoms with Crippen molar-refractivity contribution in [1.29, 1.82) is 0 Å². The van der Waals surface area contributed by atoms with E-state index in [-0.39, 0.29) is 20.6 Å². The zero-order valence-electron chi connectivity index (χ0n) is 13.7. The van der Waals surface area contributed by atoms with Crippen LogP contribution >= 0.6 is 23.8 Å². The fourth-order valence-electron chi connectivity index (χ4n) is 2.08. The summed E-state index contributed by atoms with van der Waals surface area (Å²) in [5.41, 5.74) is 6.89. The summed E-state index contributed by atoms with van der Waals surface area (Å²) in [6, 6.07) is 11.4. The first-order valence-corrected chi connectivity index (χ1v) is 9.82. The minimum Gasteiger partial charge on any atom is -0.331 e. The Bertz CT molecular complexity index is 948. The molecule has 0 atom stereocenters. The SMILES string of the molecule is CCc1cccc(NC(=S)NNC(=O)c2ccc(Cl)c(S(N)(=O)=O)c2)c1. The maximum Gasteiger partial charge on any atom is 0.269 e. The molecular formula is C16H17ClN4O3S2. The van der Waals surface area contributed by atoms with Crippen LogP contribution in [0.5, 0.6) is 0 Å². The zero-order valence-corrected chi connectivity index (χ0v) is 16.1. The predicted molar refractivity (Wildman–Crippen MR) is 105 cm³/mol. The van der Waals surface area contributed by atoms with Crippen molar-refractivity contribution in [3.8, 4) is 0 Å². The van der Waals surface area contributed by atoms with Gasteiger partial charge >= 0.3 is 0 Å². The molecule has 0 aliphatic carbocycles. The summed E-state index contributed by atoms with van der Waals surface area (Å²) in [6.07, 6.45) is 0.884. The third-order valence-electron chi connectivity index (χ3n) is 3.38. The molecule has 2 aromatic rings. The Morgan fingerprint density at radius 2 is 1.92 bits per heavy atom. The van der Waals surface area contributed by atoms with Gasteiger partial charge in [-0.25, -0.2) is 13.6 Å². The molecule has 1 amide bonds. The van der Waals surface area contributed by atoms with Crippen LogP contribution in [0.15, 0.2) is 47.4 Å². The number of thiocarbonyl (C=S) groups is 1. The Balaban J connectivity index is 2.01. The van der Waals surface area contributed by atoms with Crippen molar-refractivity contribution >= 4 is 50.5 Å². The lowest BCUT2D eigenvalue weighted by Crippen LogP contribution is -2.43. The first-order valence-electron chi connectivity index (χ1n) is 7.49. The number of carbonyl (C=O) groups excluding carboxylic acids is 1. The van der Waals surface area contributed by atoms with Crippen LogP contribution < -0.4 is 21.3 Å². The minimum absolute atomic E-state index is 0.0571. The van der Waals surface area contributed by atoms with Crippen LogP contribution in [-0.2, 0) is 16.4 Å². The van der Waals surface area contributed by atoms with E-state index in [1.54, 1.807) is 0 Å². The molecule has 0 radical (unpaired) electrons. The molecule has 0 bridgehead atoms. The number of anilines is 1. The van der Waals surface area contributed by atoms with E-state index in [1.165, 1.54) is 12.1 Å². The number of halogens is 1. The molecule has 5 N–H and O–H groups in total. The highest BCUT2D eigenvalue weighted by atomic mass is 35.5. The molecule has 2 aromatic carbocycles. The molecule has 0 unspecified atom stereocenters. The van der Waals surface area contributed by atoms with Gasteiger partial charge in [0.15, 0.2) is 5.11 Å². The van der Waals surface area contributed by atoms with Crippen LogP contribution in [0.2, 0.25) is 5.02 Å². The number of aryl methyl sites for hydroxylation is 1. The smallest absolute Gasteiger partial charge is 0.269 e. The second-order valence-electron chi connectivity index (χ2n) is 5.28. The van der Waals surface area contributed by atoms with Crippen molar-refractivity contribution < 1.29 is 13.2 Å². The molecule has 0 saturated heterocycles. The van der Waals surface area contributed by atoms with E-state index in [9.17, 15) is 13.2 Å². The number of primary sulfonamides is 1. The highest BCUT2D eigenvalue weighted by Gasteiger charge is 2.16. The lowest BCUT2D eigenvalue weighted by atomic mass is 10.1. The normalized spacial score (nSPS) is 10.9. The number of carbonyl (C=O) groups is 1. The Morgan fingerprint density at radius 3 is 2.58 bits per heavy atom. The molecule has 0 heterocycles. The van der Waals surface area contributed by atoms with E-state index in [4.69, 9.17) is 29.0 Å². The Hall–Kier alpha value is -2.20. The van der Waals surface area contributed by atoms with Crippen molar-refractivity contribution in [1.82, 2.24) is 10.9 Å². The number of benzene rings is 2. The summed E-state index contributed by atoms with van der Waals surface area (Å²) in [4.78, 5) is 11.8. The first-order chi connectivity index (χ1) is 12.2. The van der Waals surface area contributed by atoms with Crippen molar-refractivity contribution in [2.45, 2.75) is 18.2 Å². The minimum atomic E-state index is -4.04.